The van der Waals surface area contributed by atoms with Gasteiger partial charge in [-0.25, -0.2) is 0 Å². The van der Waals surface area contributed by atoms with Gasteiger partial charge in [-0.15, -0.1) is 0 Å². The molecule has 0 bridgehead atoms. The number of phenols is 1. The van der Waals surface area contributed by atoms with Gasteiger partial charge in [0.25, 0.3) is 0 Å². The third kappa shape index (κ3) is 14.8. The van der Waals surface area contributed by atoms with Crippen molar-refractivity contribution in [2.75, 3.05) is 33.2 Å². The number of aromatic hydroxyl groups is 1. The van der Waals surface area contributed by atoms with Crippen LogP contribution in [0, 0.1) is 5.92 Å². The lowest BCUT2D eigenvalue weighted by Gasteiger charge is -2.31. The van der Waals surface area contributed by atoms with Crippen LogP contribution in [-0.2, 0) is 40.0 Å². The molecule has 0 unspecified atom stereocenters. The minimum absolute atomic E-state index is 0.00428. The van der Waals surface area contributed by atoms with Crippen molar-refractivity contribution in [3.05, 3.63) is 29.8 Å². The molecule has 45 heavy (non-hydrogen) atoms. The van der Waals surface area contributed by atoms with Gasteiger partial charge in [0.05, 0.1) is 25.2 Å². The minimum Gasteiger partial charge on any atom is -0.508 e. The molecular weight excluding hydrogens is 584 g/mol. The number of aldehydes is 2. The molecule has 250 valence electrons. The average molecular weight is 633 g/mol. The number of likely N-dealkylation sites (N-methyl/N-ethyl adjacent to an activating group) is 1. The zero-order valence-electron chi connectivity index (χ0n) is 26.6. The van der Waals surface area contributed by atoms with Gasteiger partial charge in [-0.2, -0.15) is 0 Å². The summed E-state index contributed by atoms with van der Waals surface area (Å²) in [7, 11) is 1.43. The molecule has 1 aromatic rings. The van der Waals surface area contributed by atoms with Crippen LogP contribution in [-0.4, -0.2) is 96.4 Å². The summed E-state index contributed by atoms with van der Waals surface area (Å²) in [5.41, 5.74) is 3.44. The maximum Gasteiger partial charge on any atom is 0.240 e. The Kier molecular flexibility index (Phi) is 16.5. The van der Waals surface area contributed by atoms with E-state index in [1.807, 2.05) is 13.8 Å². The first-order valence-corrected chi connectivity index (χ1v) is 15.0. The number of carbonyl (C=O) groups is 7. The smallest absolute Gasteiger partial charge is 0.240 e. The number of primary amides is 1. The van der Waals surface area contributed by atoms with E-state index in [0.717, 1.165) is 5.56 Å². The fraction of sp³-hybridized carbons (Fsp3) is 0.581. The summed E-state index contributed by atoms with van der Waals surface area (Å²) in [5, 5.41) is 20.1. The van der Waals surface area contributed by atoms with Crippen molar-refractivity contribution in [1.29, 1.82) is 0 Å². The van der Waals surface area contributed by atoms with Gasteiger partial charge in [0.2, 0.25) is 29.5 Å². The van der Waals surface area contributed by atoms with Crippen LogP contribution in [0.1, 0.15) is 64.9 Å². The van der Waals surface area contributed by atoms with Gasteiger partial charge in [0.15, 0.2) is 0 Å². The molecule has 0 heterocycles. The third-order valence-electron chi connectivity index (χ3n) is 7.27. The van der Waals surface area contributed by atoms with E-state index in [4.69, 9.17) is 5.73 Å². The van der Waals surface area contributed by atoms with Crippen LogP contribution in [0.15, 0.2) is 24.3 Å². The Bertz CT molecular complexity index is 1180. The highest BCUT2D eigenvalue weighted by Gasteiger charge is 2.32. The molecule has 1 aromatic carbocycles. The lowest BCUT2D eigenvalue weighted by molar-refractivity contribution is -0.136. The number of hydrogen-bond donors (Lipinski definition) is 6. The molecule has 0 saturated heterocycles. The predicted molar refractivity (Wildman–Crippen MR) is 167 cm³/mol. The summed E-state index contributed by atoms with van der Waals surface area (Å²) >= 11 is 0. The van der Waals surface area contributed by atoms with Crippen LogP contribution in [0.2, 0.25) is 0 Å². The van der Waals surface area contributed by atoms with Crippen LogP contribution < -0.4 is 27.0 Å². The lowest BCUT2D eigenvalue weighted by Crippen LogP contribution is -2.58. The van der Waals surface area contributed by atoms with Crippen molar-refractivity contribution in [2.24, 2.45) is 11.7 Å². The number of nitrogens with two attached hydrogens (primary N) is 1. The van der Waals surface area contributed by atoms with Crippen LogP contribution in [0.25, 0.3) is 0 Å². The summed E-state index contributed by atoms with van der Waals surface area (Å²) in [4.78, 5) is 86.3. The Balaban J connectivity index is 2.54. The van der Waals surface area contributed by atoms with Crippen LogP contribution in [0.4, 0.5) is 0 Å². The standard InChI is InChI=1S/C31H48N6O8/c1-5-30(20-38,15-23-9-11-24(40)12-10-23)35-27(43)17-34-26(42)7-6-8-29(45)37(4)18-28(44)36-31(21-39,14-13-22(2)3)19-33-16-25(32)41/h9-12,20-22,33,40H,5-8,13-19H2,1-4H3,(H2,32,41)(H,34,42)(H,35,43)(H,36,44)/t30-,31+/m0/s1. The molecule has 0 aliphatic heterocycles. The summed E-state index contributed by atoms with van der Waals surface area (Å²) in [6.45, 7) is 4.85. The molecule has 1 rings (SSSR count). The summed E-state index contributed by atoms with van der Waals surface area (Å²) in [6, 6.07) is 6.28. The van der Waals surface area contributed by atoms with Crippen LogP contribution in [0.3, 0.4) is 0 Å². The van der Waals surface area contributed by atoms with Gasteiger partial charge >= 0.3 is 0 Å². The fourth-order valence-corrected chi connectivity index (χ4v) is 4.47. The van der Waals surface area contributed by atoms with E-state index >= 15 is 0 Å². The highest BCUT2D eigenvalue weighted by molar-refractivity contribution is 5.89. The largest absolute Gasteiger partial charge is 0.508 e. The first-order valence-electron chi connectivity index (χ1n) is 15.0. The Morgan fingerprint density at radius 3 is 2.11 bits per heavy atom. The topological polar surface area (TPSA) is 217 Å². The molecule has 2 atom stereocenters. The van der Waals surface area contributed by atoms with E-state index in [1.54, 1.807) is 19.1 Å². The number of benzene rings is 1. The average Bonchev–Trinajstić information content (AvgIpc) is 2.99. The predicted octanol–water partition coefficient (Wildman–Crippen LogP) is -0.291. The van der Waals surface area contributed by atoms with E-state index in [-0.39, 0.29) is 63.5 Å². The zero-order chi connectivity index (χ0) is 34.0. The van der Waals surface area contributed by atoms with Crippen molar-refractivity contribution >= 4 is 42.1 Å². The van der Waals surface area contributed by atoms with E-state index in [0.29, 0.717) is 31.8 Å². The summed E-state index contributed by atoms with van der Waals surface area (Å²) in [5.74, 6) is -2.24. The fourth-order valence-electron chi connectivity index (χ4n) is 4.47. The maximum absolute atomic E-state index is 12.7. The van der Waals surface area contributed by atoms with E-state index in [2.05, 4.69) is 21.3 Å². The number of nitrogens with zero attached hydrogens (tertiary/aromatic N) is 1. The van der Waals surface area contributed by atoms with E-state index in [9.17, 15) is 38.7 Å². The molecule has 5 amide bonds. The molecule has 7 N–H and O–H groups in total. The molecule has 0 aliphatic carbocycles. The third-order valence-corrected chi connectivity index (χ3v) is 7.27. The van der Waals surface area contributed by atoms with Crippen LogP contribution in [0.5, 0.6) is 5.75 Å². The summed E-state index contributed by atoms with van der Waals surface area (Å²) in [6.07, 6.45) is 2.84. The first kappa shape index (κ1) is 38.7. The number of carbonyl (C=O) groups excluding carboxylic acids is 7. The van der Waals surface area contributed by atoms with Gasteiger partial charge in [-0.05, 0) is 49.3 Å². The summed E-state index contributed by atoms with van der Waals surface area (Å²) < 4.78 is 0. The molecule has 0 aliphatic rings. The van der Waals surface area contributed by atoms with E-state index in [1.165, 1.54) is 24.1 Å². The molecule has 0 saturated carbocycles. The van der Waals surface area contributed by atoms with Gasteiger partial charge in [0.1, 0.15) is 23.9 Å². The quantitative estimate of drug-likeness (QED) is 0.0924. The monoisotopic (exact) mass is 632 g/mol. The molecule has 0 fully saturated rings. The number of rotatable bonds is 22. The number of amides is 5. The lowest BCUT2D eigenvalue weighted by atomic mass is 9.89. The van der Waals surface area contributed by atoms with E-state index < -0.39 is 40.6 Å². The highest BCUT2D eigenvalue weighted by Crippen LogP contribution is 2.18. The minimum atomic E-state index is -1.28. The second-order valence-corrected chi connectivity index (χ2v) is 11.7. The number of hydrogen-bond acceptors (Lipinski definition) is 9. The van der Waals surface area contributed by atoms with Gasteiger partial charge in [0, 0.05) is 32.9 Å². The molecule has 0 spiro atoms. The van der Waals surface area contributed by atoms with Crippen molar-refractivity contribution in [1.82, 2.24) is 26.2 Å². The Hall–Kier alpha value is -4.33. The van der Waals surface area contributed by atoms with Gasteiger partial charge in [-0.1, -0.05) is 32.9 Å². The molecule has 0 radical (unpaired) electrons. The van der Waals surface area contributed by atoms with Crippen molar-refractivity contribution in [3.63, 3.8) is 0 Å². The Morgan fingerprint density at radius 1 is 0.933 bits per heavy atom. The second-order valence-electron chi connectivity index (χ2n) is 11.7. The Labute approximate surface area is 264 Å². The first-order chi connectivity index (χ1) is 21.2. The van der Waals surface area contributed by atoms with Crippen LogP contribution >= 0.6 is 0 Å². The maximum atomic E-state index is 12.7. The van der Waals surface area contributed by atoms with Gasteiger partial charge < -0.3 is 46.6 Å². The van der Waals surface area contributed by atoms with Crippen molar-refractivity contribution < 1.29 is 38.7 Å². The molecule has 14 nitrogen and oxygen atoms in total. The zero-order valence-corrected chi connectivity index (χ0v) is 26.6. The second kappa shape index (κ2) is 19.1. The van der Waals surface area contributed by atoms with Crippen molar-refractivity contribution in [2.45, 2.75) is 76.8 Å². The SMILES string of the molecule is CC[C@@](C=O)(Cc1ccc(O)cc1)NC(=O)CNC(=O)CCCC(=O)N(C)CC(=O)N[C@](C=O)(CCC(C)C)CNCC(N)=O. The highest BCUT2D eigenvalue weighted by atomic mass is 16.3. The number of nitrogens with one attached hydrogen (secondary N) is 4. The van der Waals surface area contributed by atoms with Crippen molar-refractivity contribution in [3.8, 4) is 5.75 Å². The normalized spacial score (nSPS) is 13.5. The number of phenolic OH excluding ortho intramolecular Hbond substituents is 1. The molecule has 14 heteroatoms. The van der Waals surface area contributed by atoms with Gasteiger partial charge in [-0.3, -0.25) is 24.0 Å². The molecule has 0 aromatic heterocycles. The Morgan fingerprint density at radius 2 is 1.56 bits per heavy atom. The molecular formula is C31H48N6O8.